The molecule has 0 amide bonds. The van der Waals surface area contributed by atoms with Crippen LogP contribution in [0.25, 0.3) is 10.8 Å². The molecule has 0 radical (unpaired) electrons. The second-order valence-corrected chi connectivity index (χ2v) is 8.71. The lowest BCUT2D eigenvalue weighted by atomic mass is 9.96. The first kappa shape index (κ1) is 22.0. The molecule has 0 aliphatic heterocycles. The molecule has 2 aromatic carbocycles. The van der Waals surface area contributed by atoms with E-state index in [1.54, 1.807) is 0 Å². The number of ether oxygens (including phenoxy) is 3. The number of benzene rings is 2. The summed E-state index contributed by atoms with van der Waals surface area (Å²) in [6, 6.07) is 14.3. The maximum atomic E-state index is 12.7. The van der Waals surface area contributed by atoms with Gasteiger partial charge in [-0.3, -0.25) is 9.59 Å². The zero-order valence-corrected chi connectivity index (χ0v) is 17.9. The maximum absolute atomic E-state index is 12.7. The van der Waals surface area contributed by atoms with E-state index in [9.17, 15) is 9.59 Å². The average molecular weight is 411 g/mol. The van der Waals surface area contributed by atoms with Gasteiger partial charge in [0.25, 0.3) is 0 Å². The fraction of sp³-hybridized carbons (Fsp3) is 0.440. The fourth-order valence-corrected chi connectivity index (χ4v) is 3.90. The van der Waals surface area contributed by atoms with Crippen LogP contribution in [0.5, 0.6) is 0 Å². The van der Waals surface area contributed by atoms with Gasteiger partial charge in [0.2, 0.25) is 0 Å². The van der Waals surface area contributed by atoms with Gasteiger partial charge in [-0.2, -0.15) is 0 Å². The van der Waals surface area contributed by atoms with E-state index in [1.807, 2.05) is 45.0 Å². The number of carbonyl (C=O) groups is 2. The third-order valence-corrected chi connectivity index (χ3v) is 5.23. The van der Waals surface area contributed by atoms with Crippen LogP contribution >= 0.6 is 0 Å². The van der Waals surface area contributed by atoms with Gasteiger partial charge in [-0.15, -0.1) is 0 Å². The largest absolute Gasteiger partial charge is 0.461 e. The Morgan fingerprint density at radius 3 is 2.40 bits per heavy atom. The van der Waals surface area contributed by atoms with E-state index in [1.165, 1.54) is 6.08 Å². The molecular formula is C25H30O5. The van der Waals surface area contributed by atoms with Crippen LogP contribution in [0.4, 0.5) is 0 Å². The van der Waals surface area contributed by atoms with Crippen LogP contribution in [0.3, 0.4) is 0 Å². The summed E-state index contributed by atoms with van der Waals surface area (Å²) in [5.74, 6) is -1.92. The molecule has 1 fully saturated rings. The molecule has 3 rings (SSSR count). The number of esters is 2. The Hall–Kier alpha value is -2.66. The molecule has 1 aliphatic carbocycles. The van der Waals surface area contributed by atoms with Crippen molar-refractivity contribution in [3.8, 4) is 0 Å². The number of hydrogen-bond acceptors (Lipinski definition) is 5. The van der Waals surface area contributed by atoms with E-state index in [0.717, 1.165) is 16.3 Å². The Balaban J connectivity index is 1.71. The summed E-state index contributed by atoms with van der Waals surface area (Å²) in [4.78, 5) is 25.3. The van der Waals surface area contributed by atoms with Gasteiger partial charge in [-0.25, -0.2) is 0 Å². The van der Waals surface area contributed by atoms with Crippen molar-refractivity contribution in [3.63, 3.8) is 0 Å². The number of fused-ring (bicyclic) bond motifs is 1. The van der Waals surface area contributed by atoms with Crippen molar-refractivity contribution in [1.82, 2.24) is 0 Å². The number of rotatable bonds is 7. The molecule has 3 atom stereocenters. The Morgan fingerprint density at radius 1 is 1.03 bits per heavy atom. The van der Waals surface area contributed by atoms with Gasteiger partial charge >= 0.3 is 11.9 Å². The molecule has 160 valence electrons. The summed E-state index contributed by atoms with van der Waals surface area (Å²) < 4.78 is 16.9. The highest BCUT2D eigenvalue weighted by atomic mass is 16.6. The van der Waals surface area contributed by atoms with Crippen molar-refractivity contribution in [2.75, 3.05) is 6.61 Å². The molecule has 5 heteroatoms. The minimum absolute atomic E-state index is 0.123. The van der Waals surface area contributed by atoms with E-state index in [0.29, 0.717) is 19.4 Å². The molecule has 0 saturated heterocycles. The van der Waals surface area contributed by atoms with E-state index in [-0.39, 0.29) is 18.7 Å². The first-order chi connectivity index (χ1) is 14.3. The smallest absolute Gasteiger partial charge is 0.310 e. The van der Waals surface area contributed by atoms with Crippen LogP contribution in [0, 0.1) is 11.8 Å². The van der Waals surface area contributed by atoms with Crippen LogP contribution in [0.2, 0.25) is 0 Å². The fourth-order valence-electron chi connectivity index (χ4n) is 3.90. The summed E-state index contributed by atoms with van der Waals surface area (Å²) in [5, 5.41) is 2.30. The molecule has 0 heterocycles. The van der Waals surface area contributed by atoms with Crippen molar-refractivity contribution in [1.29, 1.82) is 0 Å². The molecular weight excluding hydrogens is 380 g/mol. The summed E-state index contributed by atoms with van der Waals surface area (Å²) in [6.07, 6.45) is 2.17. The molecule has 30 heavy (non-hydrogen) atoms. The second kappa shape index (κ2) is 9.43. The van der Waals surface area contributed by atoms with Crippen molar-refractivity contribution >= 4 is 22.7 Å². The summed E-state index contributed by atoms with van der Waals surface area (Å²) in [7, 11) is 0. The first-order valence-electron chi connectivity index (χ1n) is 10.4. The zero-order valence-electron chi connectivity index (χ0n) is 17.9. The Bertz CT molecular complexity index is 906. The van der Waals surface area contributed by atoms with Gasteiger partial charge in [0.1, 0.15) is 12.2 Å². The Morgan fingerprint density at radius 2 is 1.70 bits per heavy atom. The van der Waals surface area contributed by atoms with Crippen molar-refractivity contribution in [2.45, 2.75) is 51.9 Å². The van der Waals surface area contributed by atoms with Crippen LogP contribution in [-0.4, -0.2) is 30.3 Å². The van der Waals surface area contributed by atoms with Crippen LogP contribution < -0.4 is 0 Å². The molecule has 0 bridgehead atoms. The lowest BCUT2D eigenvalue weighted by Crippen LogP contribution is -2.33. The average Bonchev–Trinajstić information content (AvgIpc) is 3.14. The van der Waals surface area contributed by atoms with Crippen molar-refractivity contribution in [3.05, 3.63) is 60.7 Å². The van der Waals surface area contributed by atoms with E-state index >= 15 is 0 Å². The molecule has 2 aromatic rings. The molecule has 1 saturated carbocycles. The lowest BCUT2D eigenvalue weighted by molar-refractivity contribution is -0.166. The van der Waals surface area contributed by atoms with Gasteiger partial charge < -0.3 is 14.2 Å². The summed E-state index contributed by atoms with van der Waals surface area (Å²) in [5.41, 5.74) is 0.466. The number of carbonyl (C=O) groups excluding carboxylic acids is 2. The van der Waals surface area contributed by atoms with Crippen molar-refractivity contribution < 1.29 is 23.8 Å². The third-order valence-electron chi connectivity index (χ3n) is 5.23. The first-order valence-corrected chi connectivity index (χ1v) is 10.4. The van der Waals surface area contributed by atoms with E-state index in [2.05, 4.69) is 24.8 Å². The SMILES string of the molecule is C=CCOC(=O)[C@@H]1C[C@@H](OCc2cccc3ccccc23)CC1C(=O)OC(C)(C)C. The zero-order chi connectivity index (χ0) is 21.7. The quantitative estimate of drug-likeness (QED) is 0.484. The molecule has 0 aromatic heterocycles. The molecule has 1 aliphatic rings. The molecule has 0 N–H and O–H groups in total. The molecule has 0 spiro atoms. The monoisotopic (exact) mass is 410 g/mol. The Kier molecular flexibility index (Phi) is 6.93. The maximum Gasteiger partial charge on any atom is 0.310 e. The predicted molar refractivity (Wildman–Crippen MR) is 116 cm³/mol. The van der Waals surface area contributed by atoms with E-state index < -0.39 is 23.4 Å². The van der Waals surface area contributed by atoms with Gasteiger partial charge in [-0.1, -0.05) is 55.1 Å². The van der Waals surface area contributed by atoms with Gasteiger partial charge in [-0.05, 0) is 49.9 Å². The highest BCUT2D eigenvalue weighted by Gasteiger charge is 2.45. The summed E-state index contributed by atoms with van der Waals surface area (Å²) >= 11 is 0. The van der Waals surface area contributed by atoms with Crippen LogP contribution in [-0.2, 0) is 30.4 Å². The third kappa shape index (κ3) is 5.48. The second-order valence-electron chi connectivity index (χ2n) is 8.71. The lowest BCUT2D eigenvalue weighted by Gasteiger charge is -2.24. The van der Waals surface area contributed by atoms with E-state index in [4.69, 9.17) is 14.2 Å². The van der Waals surface area contributed by atoms with Gasteiger partial charge in [0.05, 0.1) is 24.5 Å². The normalized spacial score (nSPS) is 21.4. The highest BCUT2D eigenvalue weighted by Crippen LogP contribution is 2.37. The van der Waals surface area contributed by atoms with Crippen LogP contribution in [0.15, 0.2) is 55.1 Å². The molecule has 1 unspecified atom stereocenters. The van der Waals surface area contributed by atoms with Gasteiger partial charge in [0, 0.05) is 0 Å². The number of hydrogen-bond donors (Lipinski definition) is 0. The highest BCUT2D eigenvalue weighted by molar-refractivity contribution is 5.85. The van der Waals surface area contributed by atoms with Gasteiger partial charge in [0.15, 0.2) is 0 Å². The molecule has 5 nitrogen and oxygen atoms in total. The van der Waals surface area contributed by atoms with Crippen LogP contribution in [0.1, 0.15) is 39.2 Å². The topological polar surface area (TPSA) is 61.8 Å². The predicted octanol–water partition coefficient (Wildman–Crippen LogP) is 4.82. The van der Waals surface area contributed by atoms with Crippen molar-refractivity contribution in [2.24, 2.45) is 11.8 Å². The summed E-state index contributed by atoms with van der Waals surface area (Å²) in [6.45, 7) is 9.57. The standard InChI is InChI=1S/C25H30O5/c1-5-13-28-23(26)21-14-19(15-22(21)24(27)30-25(2,3)4)29-16-18-11-8-10-17-9-6-7-12-20(17)18/h5-12,19,21-22H,1,13-16H2,2-4H3/t19-,21-,22?/m1/s1. The minimum atomic E-state index is -0.617. The minimum Gasteiger partial charge on any atom is -0.461 e. The Labute approximate surface area is 178 Å².